The van der Waals surface area contributed by atoms with Crippen molar-refractivity contribution in [2.75, 3.05) is 0 Å². The average molecular weight is 183 g/mol. The first kappa shape index (κ1) is 9.80. The van der Waals surface area contributed by atoms with Gasteiger partial charge >= 0.3 is 5.51 Å². The Morgan fingerprint density at radius 3 is 1.17 bits per heavy atom. The minimum absolute atomic E-state index is 0. The third-order valence-electron chi connectivity index (χ3n) is 0. The SMILES string of the molecule is Br.FC(F)(F)S. The Bertz CT molecular complexity index is 26.3. The summed E-state index contributed by atoms with van der Waals surface area (Å²) < 4.78 is 30.7. The van der Waals surface area contributed by atoms with E-state index in [9.17, 15) is 13.2 Å². The lowest BCUT2D eigenvalue weighted by Gasteiger charge is -1.87. The highest BCUT2D eigenvalue weighted by atomic mass is 79.9. The molecule has 0 nitrogen and oxygen atoms in total. The van der Waals surface area contributed by atoms with Crippen LogP contribution in [0.5, 0.6) is 0 Å². The normalized spacial score (nSPS) is 10.0. The molecule has 0 aliphatic carbocycles. The van der Waals surface area contributed by atoms with Gasteiger partial charge in [-0.15, -0.1) is 17.0 Å². The van der Waals surface area contributed by atoms with Crippen LogP contribution in [0.4, 0.5) is 13.2 Å². The molecule has 0 N–H and O–H groups in total. The summed E-state index contributed by atoms with van der Waals surface area (Å²) in [6.45, 7) is 0. The summed E-state index contributed by atoms with van der Waals surface area (Å²) in [6, 6.07) is 0. The van der Waals surface area contributed by atoms with E-state index >= 15 is 0 Å². The Labute approximate surface area is 48.9 Å². The number of halogens is 4. The molecule has 0 unspecified atom stereocenters. The molecule has 0 radical (unpaired) electrons. The van der Waals surface area contributed by atoms with Crippen molar-refractivity contribution in [1.82, 2.24) is 0 Å². The van der Waals surface area contributed by atoms with E-state index in [1.165, 1.54) is 0 Å². The molecule has 0 aromatic rings. The van der Waals surface area contributed by atoms with E-state index < -0.39 is 5.51 Å². The molecule has 5 heteroatoms. The van der Waals surface area contributed by atoms with Gasteiger partial charge in [0.05, 0.1) is 0 Å². The van der Waals surface area contributed by atoms with Crippen LogP contribution >= 0.6 is 29.6 Å². The van der Waals surface area contributed by atoms with Gasteiger partial charge in [-0.1, -0.05) is 12.6 Å². The summed E-state index contributed by atoms with van der Waals surface area (Å²) >= 11 is 2.12. The zero-order valence-corrected chi connectivity index (χ0v) is 5.10. The smallest absolute Gasteiger partial charge is 0.161 e. The fourth-order valence-corrected chi connectivity index (χ4v) is 0. The van der Waals surface area contributed by atoms with Crippen LogP contribution in [0.2, 0.25) is 0 Å². The Morgan fingerprint density at radius 1 is 1.17 bits per heavy atom. The maximum Gasteiger partial charge on any atom is 0.438 e. The van der Waals surface area contributed by atoms with Crippen LogP contribution in [0, 0.1) is 0 Å². The van der Waals surface area contributed by atoms with Crippen molar-refractivity contribution < 1.29 is 13.2 Å². The Hall–Kier alpha value is 0.620. The van der Waals surface area contributed by atoms with E-state index in [-0.39, 0.29) is 17.0 Å². The van der Waals surface area contributed by atoms with Crippen LogP contribution in [-0.4, -0.2) is 5.51 Å². The van der Waals surface area contributed by atoms with Crippen LogP contribution in [0.15, 0.2) is 0 Å². The van der Waals surface area contributed by atoms with Gasteiger partial charge < -0.3 is 0 Å². The lowest BCUT2D eigenvalue weighted by molar-refractivity contribution is -0.0303. The molecule has 6 heavy (non-hydrogen) atoms. The van der Waals surface area contributed by atoms with E-state index in [0.29, 0.717) is 0 Å². The predicted molar refractivity (Wildman–Crippen MR) is 25.4 cm³/mol. The fourth-order valence-electron chi connectivity index (χ4n) is 0. The second-order valence-electron chi connectivity index (χ2n) is 0.468. The molecule has 0 heterocycles. The highest BCUT2D eigenvalue weighted by molar-refractivity contribution is 8.93. The molecular weight excluding hydrogens is 181 g/mol. The third kappa shape index (κ3) is 157. The van der Waals surface area contributed by atoms with E-state index in [0.717, 1.165) is 0 Å². The molecule has 40 valence electrons. The Morgan fingerprint density at radius 2 is 1.17 bits per heavy atom. The maximum absolute atomic E-state index is 10.2. The molecule has 0 aromatic heterocycles. The highest BCUT2D eigenvalue weighted by Crippen LogP contribution is 2.17. The number of rotatable bonds is 0. The van der Waals surface area contributed by atoms with Crippen molar-refractivity contribution in [3.63, 3.8) is 0 Å². The number of hydrogen-bond acceptors (Lipinski definition) is 1. The van der Waals surface area contributed by atoms with Crippen LogP contribution in [0.3, 0.4) is 0 Å². The van der Waals surface area contributed by atoms with Gasteiger partial charge in [-0.3, -0.25) is 0 Å². The monoisotopic (exact) mass is 182 g/mol. The third-order valence-corrected chi connectivity index (χ3v) is 0. The second kappa shape index (κ2) is 2.74. The summed E-state index contributed by atoms with van der Waals surface area (Å²) in [5.74, 6) is 0. The molecule has 0 bridgehead atoms. The number of thiol groups is 1. The van der Waals surface area contributed by atoms with Gasteiger partial charge in [0, 0.05) is 0 Å². The molecule has 0 atom stereocenters. The summed E-state index contributed by atoms with van der Waals surface area (Å²) in [4.78, 5) is 0. The molecule has 0 aromatic carbocycles. The van der Waals surface area contributed by atoms with E-state index in [2.05, 4.69) is 12.6 Å². The minimum Gasteiger partial charge on any atom is -0.161 e. The van der Waals surface area contributed by atoms with Crippen molar-refractivity contribution in [2.24, 2.45) is 0 Å². The van der Waals surface area contributed by atoms with Crippen molar-refractivity contribution in [2.45, 2.75) is 5.51 Å². The van der Waals surface area contributed by atoms with Crippen molar-refractivity contribution >= 4 is 29.6 Å². The fraction of sp³-hybridized carbons (Fsp3) is 1.00. The average Bonchev–Trinajstić information content (AvgIpc) is 0.722. The van der Waals surface area contributed by atoms with Crippen LogP contribution in [-0.2, 0) is 0 Å². The molecular formula is CH2BrF3S. The van der Waals surface area contributed by atoms with Crippen LogP contribution in [0.25, 0.3) is 0 Å². The van der Waals surface area contributed by atoms with Gasteiger partial charge in [0.1, 0.15) is 0 Å². The van der Waals surface area contributed by atoms with Gasteiger partial charge in [0.25, 0.3) is 0 Å². The Kier molecular flexibility index (Phi) is 4.47. The molecule has 0 saturated carbocycles. The topological polar surface area (TPSA) is 0 Å². The van der Waals surface area contributed by atoms with Gasteiger partial charge in [0.15, 0.2) is 0 Å². The summed E-state index contributed by atoms with van der Waals surface area (Å²) in [5, 5.41) is 0. The van der Waals surface area contributed by atoms with Crippen LogP contribution in [0.1, 0.15) is 0 Å². The number of hydrogen-bond donors (Lipinski definition) is 1. The first-order valence-corrected chi connectivity index (χ1v) is 1.24. The van der Waals surface area contributed by atoms with Gasteiger partial charge in [-0.05, 0) is 0 Å². The number of alkyl halides is 3. The lowest BCUT2D eigenvalue weighted by atomic mass is 11.6. The first-order valence-electron chi connectivity index (χ1n) is 0.791. The zero-order valence-electron chi connectivity index (χ0n) is 2.49. The quantitative estimate of drug-likeness (QED) is 0.545. The van der Waals surface area contributed by atoms with Crippen LogP contribution < -0.4 is 0 Å². The zero-order chi connectivity index (χ0) is 4.50. The van der Waals surface area contributed by atoms with Crippen molar-refractivity contribution in [3.8, 4) is 0 Å². The maximum atomic E-state index is 10.2. The summed E-state index contributed by atoms with van der Waals surface area (Å²) in [7, 11) is 0. The van der Waals surface area contributed by atoms with Crippen molar-refractivity contribution in [1.29, 1.82) is 0 Å². The van der Waals surface area contributed by atoms with E-state index in [1.54, 1.807) is 0 Å². The molecule has 0 aliphatic rings. The van der Waals surface area contributed by atoms with Gasteiger partial charge in [0.2, 0.25) is 0 Å². The molecule has 0 rings (SSSR count). The summed E-state index contributed by atoms with van der Waals surface area (Å²) in [6.07, 6.45) is 0. The molecule has 0 spiro atoms. The largest absolute Gasteiger partial charge is 0.438 e. The standard InChI is InChI=1S/CHF3S.BrH/c2-1(3,4)5;/h5H;1H. The second-order valence-corrected chi connectivity index (χ2v) is 0.975. The molecule has 0 saturated heterocycles. The van der Waals surface area contributed by atoms with Gasteiger partial charge in [-0.2, -0.15) is 13.2 Å². The molecule has 0 fully saturated rings. The molecule has 0 aliphatic heterocycles. The van der Waals surface area contributed by atoms with Crippen molar-refractivity contribution in [3.05, 3.63) is 0 Å². The first-order chi connectivity index (χ1) is 2.00. The van der Waals surface area contributed by atoms with Gasteiger partial charge in [-0.25, -0.2) is 0 Å². The summed E-state index contributed by atoms with van der Waals surface area (Å²) in [5.41, 5.74) is -4.31. The lowest BCUT2D eigenvalue weighted by Crippen LogP contribution is -1.89. The minimum atomic E-state index is -4.31. The highest BCUT2D eigenvalue weighted by Gasteiger charge is 2.17. The Balaban J connectivity index is 0. The predicted octanol–water partition coefficient (Wildman–Crippen LogP) is 2.01. The van der Waals surface area contributed by atoms with E-state index in [4.69, 9.17) is 0 Å². The van der Waals surface area contributed by atoms with E-state index in [1.807, 2.05) is 0 Å². The molecule has 0 amide bonds.